The van der Waals surface area contributed by atoms with Gasteiger partial charge in [0.15, 0.2) is 11.4 Å². The number of hydrogen-bond donors (Lipinski definition) is 0. The summed E-state index contributed by atoms with van der Waals surface area (Å²) in [5.74, 6) is 0. The summed E-state index contributed by atoms with van der Waals surface area (Å²) in [6.45, 7) is 15.0. The summed E-state index contributed by atoms with van der Waals surface area (Å²) in [6.07, 6.45) is 0. The van der Waals surface area contributed by atoms with Gasteiger partial charge in [0.25, 0.3) is 0 Å². The predicted octanol–water partition coefficient (Wildman–Crippen LogP) is 13.5. The first-order chi connectivity index (χ1) is 28.0. The van der Waals surface area contributed by atoms with Crippen LogP contribution in [0, 0.1) is 35.8 Å². The molecule has 0 aliphatic carbocycles. The van der Waals surface area contributed by atoms with Gasteiger partial charge in [0.2, 0.25) is 0 Å². The van der Waals surface area contributed by atoms with E-state index in [1.807, 2.05) is 84.9 Å². The first-order valence-corrected chi connectivity index (χ1v) is 19.4. The van der Waals surface area contributed by atoms with Crippen LogP contribution in [0.15, 0.2) is 140 Å². The Kier molecular flexibility index (Phi) is 7.92. The second-order valence-electron chi connectivity index (χ2n) is 13.5. The van der Waals surface area contributed by atoms with E-state index in [-0.39, 0.29) is 0 Å². The van der Waals surface area contributed by atoms with E-state index in [1.54, 1.807) is 22.7 Å². The summed E-state index contributed by atoms with van der Waals surface area (Å²) in [5.41, 5.74) is 12.8. The molecule has 9 heteroatoms. The van der Waals surface area contributed by atoms with Gasteiger partial charge < -0.3 is 4.57 Å². The molecule has 262 valence electrons. The van der Waals surface area contributed by atoms with Crippen LogP contribution in [-0.2, 0) is 0 Å². The maximum absolute atomic E-state index is 9.50. The van der Waals surface area contributed by atoms with Crippen LogP contribution in [-0.4, -0.2) is 14.5 Å². The quantitative estimate of drug-likeness (QED) is 0.163. The lowest BCUT2D eigenvalue weighted by atomic mass is 9.97. The van der Waals surface area contributed by atoms with Gasteiger partial charge in [0, 0.05) is 27.6 Å². The first-order valence-electron chi connectivity index (χ1n) is 17.8. The van der Waals surface area contributed by atoms with E-state index in [0.717, 1.165) is 91.3 Å². The number of hydrogen-bond acceptors (Lipinski definition) is 6. The Bertz CT molecular complexity index is 3230. The Morgan fingerprint density at radius 2 is 0.965 bits per heavy atom. The maximum Gasteiger partial charge on any atom is 0.189 e. The van der Waals surface area contributed by atoms with Gasteiger partial charge in [-0.05, 0) is 113 Å². The normalized spacial score (nSPS) is 11.1. The van der Waals surface area contributed by atoms with Gasteiger partial charge in [-0.3, -0.25) is 0 Å². The molecule has 0 saturated heterocycles. The number of nitriles is 2. The number of benzene rings is 7. The molecule has 7 nitrogen and oxygen atoms in total. The lowest BCUT2D eigenvalue weighted by Gasteiger charge is -2.14. The lowest BCUT2D eigenvalue weighted by molar-refractivity contribution is 1.18. The number of nitrogens with zero attached hydrogens (tertiary/aromatic N) is 7. The monoisotopic (exact) mass is 761 g/mol. The Balaban J connectivity index is 1.22. The summed E-state index contributed by atoms with van der Waals surface area (Å²) in [6, 6.07) is 50.4. The minimum Gasteiger partial charge on any atom is -0.309 e. The zero-order valence-electron chi connectivity index (χ0n) is 29.7. The second-order valence-corrected chi connectivity index (χ2v) is 15.6. The Morgan fingerprint density at radius 1 is 0.474 bits per heavy atom. The Labute approximate surface area is 334 Å². The minimum atomic E-state index is 0.564. The van der Waals surface area contributed by atoms with Crippen molar-refractivity contribution in [2.45, 2.75) is 0 Å². The predicted molar refractivity (Wildman–Crippen MR) is 231 cm³/mol. The van der Waals surface area contributed by atoms with Gasteiger partial charge in [0.05, 0.1) is 67.9 Å². The van der Waals surface area contributed by atoms with Crippen molar-refractivity contribution >= 4 is 76.3 Å². The van der Waals surface area contributed by atoms with Gasteiger partial charge in [0.1, 0.15) is 10.0 Å². The standard InChI is InChI=1S/C48H23N7S2/c1-51-36-12-8-31(9-13-36)35-20-34(30-6-3-28(26-49)4-7-30)21-38(22-35)55-43-15-10-32(47-53-41-19-29(27-50)5-17-45(41)56-47)23-39(43)40-24-33(11-16-44(40)55)48-54-42-25-37(52-2)14-18-46(42)57-48/h3-25H. The summed E-state index contributed by atoms with van der Waals surface area (Å²) in [5, 5.41) is 22.8. The zero-order valence-corrected chi connectivity index (χ0v) is 31.4. The van der Waals surface area contributed by atoms with E-state index in [2.05, 4.69) is 81.0 Å². The highest BCUT2D eigenvalue weighted by atomic mass is 32.1. The van der Waals surface area contributed by atoms with Crippen LogP contribution in [0.2, 0.25) is 0 Å². The third kappa shape index (κ3) is 5.85. The van der Waals surface area contributed by atoms with Crippen molar-refractivity contribution in [3.05, 3.63) is 173 Å². The van der Waals surface area contributed by atoms with Gasteiger partial charge >= 0.3 is 0 Å². The maximum atomic E-state index is 9.50. The molecule has 0 fully saturated rings. The number of rotatable bonds is 5. The molecule has 0 unspecified atom stereocenters. The van der Waals surface area contributed by atoms with Crippen LogP contribution in [0.4, 0.5) is 11.4 Å². The van der Waals surface area contributed by atoms with Crippen LogP contribution in [0.3, 0.4) is 0 Å². The van der Waals surface area contributed by atoms with Crippen molar-refractivity contribution in [3.63, 3.8) is 0 Å². The molecule has 57 heavy (non-hydrogen) atoms. The smallest absolute Gasteiger partial charge is 0.189 e. The van der Waals surface area contributed by atoms with Crippen molar-refractivity contribution in [3.8, 4) is 61.2 Å². The molecule has 10 aromatic rings. The summed E-state index contributed by atoms with van der Waals surface area (Å²) in [7, 11) is 0. The highest BCUT2D eigenvalue weighted by Gasteiger charge is 2.19. The largest absolute Gasteiger partial charge is 0.309 e. The topological polar surface area (TPSA) is 87.0 Å². The molecule has 3 heterocycles. The molecule has 10 rings (SSSR count). The molecule has 0 saturated carbocycles. The molecule has 0 radical (unpaired) electrons. The molecule has 0 N–H and O–H groups in total. The van der Waals surface area contributed by atoms with Crippen molar-refractivity contribution in [2.24, 2.45) is 0 Å². The molecular weight excluding hydrogens is 739 g/mol. The van der Waals surface area contributed by atoms with E-state index < -0.39 is 0 Å². The van der Waals surface area contributed by atoms with Gasteiger partial charge in [-0.1, -0.05) is 48.5 Å². The van der Waals surface area contributed by atoms with Crippen LogP contribution in [0.25, 0.3) is 101 Å². The Morgan fingerprint density at radius 3 is 1.53 bits per heavy atom. The minimum absolute atomic E-state index is 0.564. The fourth-order valence-electron chi connectivity index (χ4n) is 7.34. The second kappa shape index (κ2) is 13.4. The highest BCUT2D eigenvalue weighted by molar-refractivity contribution is 7.22. The van der Waals surface area contributed by atoms with Crippen molar-refractivity contribution in [1.82, 2.24) is 14.5 Å². The zero-order chi connectivity index (χ0) is 38.6. The molecule has 0 atom stereocenters. The summed E-state index contributed by atoms with van der Waals surface area (Å²) >= 11 is 3.21. The first kappa shape index (κ1) is 33.6. The average molecular weight is 762 g/mol. The van der Waals surface area contributed by atoms with Crippen LogP contribution >= 0.6 is 22.7 Å². The number of thiazole rings is 2. The molecule has 3 aromatic heterocycles. The molecule has 0 aliphatic rings. The van der Waals surface area contributed by atoms with E-state index in [4.69, 9.17) is 23.1 Å². The van der Waals surface area contributed by atoms with Crippen molar-refractivity contribution in [1.29, 1.82) is 10.5 Å². The summed E-state index contributed by atoms with van der Waals surface area (Å²) < 4.78 is 4.33. The van der Waals surface area contributed by atoms with E-state index >= 15 is 0 Å². The molecule has 0 aliphatic heterocycles. The molecule has 7 aromatic carbocycles. The van der Waals surface area contributed by atoms with Gasteiger partial charge in [-0.25, -0.2) is 19.7 Å². The van der Waals surface area contributed by atoms with E-state index in [9.17, 15) is 10.5 Å². The van der Waals surface area contributed by atoms with Gasteiger partial charge in [-0.2, -0.15) is 10.5 Å². The van der Waals surface area contributed by atoms with Crippen LogP contribution in [0.1, 0.15) is 11.1 Å². The summed E-state index contributed by atoms with van der Waals surface area (Å²) in [4.78, 5) is 17.1. The van der Waals surface area contributed by atoms with Crippen molar-refractivity contribution in [2.75, 3.05) is 0 Å². The third-order valence-electron chi connectivity index (χ3n) is 10.1. The third-order valence-corrected chi connectivity index (χ3v) is 12.3. The van der Waals surface area contributed by atoms with Gasteiger partial charge in [-0.15, -0.1) is 22.7 Å². The molecule has 0 amide bonds. The lowest BCUT2D eigenvalue weighted by Crippen LogP contribution is -1.96. The molecule has 0 spiro atoms. The van der Waals surface area contributed by atoms with E-state index in [0.29, 0.717) is 22.5 Å². The average Bonchev–Trinajstić information content (AvgIpc) is 3.99. The molecular formula is C48H23N7S2. The van der Waals surface area contributed by atoms with Crippen LogP contribution in [0.5, 0.6) is 0 Å². The van der Waals surface area contributed by atoms with Crippen LogP contribution < -0.4 is 0 Å². The Hall–Kier alpha value is -7.92. The fourth-order valence-corrected chi connectivity index (χ4v) is 9.22. The molecule has 0 bridgehead atoms. The number of aromatic nitrogens is 3. The fraction of sp³-hybridized carbons (Fsp3) is 0. The highest BCUT2D eigenvalue weighted by Crippen LogP contribution is 2.42. The van der Waals surface area contributed by atoms with E-state index in [1.165, 1.54) is 0 Å². The number of fused-ring (bicyclic) bond motifs is 5. The van der Waals surface area contributed by atoms with Crippen molar-refractivity contribution < 1.29 is 0 Å². The SMILES string of the molecule is [C-]#[N+]c1ccc(-c2cc(-c3ccc(C#N)cc3)cc(-n3c4ccc(-c5nc6cc(C#N)ccc6s5)cc4c4cc(-c5nc6cc([N+]#[C-])ccc6s5)ccc43)c2)cc1.